The highest BCUT2D eigenvalue weighted by Crippen LogP contribution is 2.38. The Hall–Kier alpha value is -2.01. The summed E-state index contributed by atoms with van der Waals surface area (Å²) in [6.07, 6.45) is -1.18. The molecular weight excluding hydrogens is 406 g/mol. The lowest BCUT2D eigenvalue weighted by molar-refractivity contribution is -0.0337. The van der Waals surface area contributed by atoms with E-state index in [0.717, 1.165) is 48.5 Å². The molecule has 0 aliphatic rings. The second-order valence-electron chi connectivity index (χ2n) is 4.49. The summed E-state index contributed by atoms with van der Waals surface area (Å²) >= 11 is -0.635. The first-order valence-electron chi connectivity index (χ1n) is 6.61. The van der Waals surface area contributed by atoms with Crippen molar-refractivity contribution >= 4 is 29.7 Å². The predicted molar refractivity (Wildman–Crippen MR) is 83.4 cm³/mol. The Balaban J connectivity index is 1.90. The van der Waals surface area contributed by atoms with Crippen molar-refractivity contribution in [2.45, 2.75) is 20.8 Å². The van der Waals surface area contributed by atoms with Crippen LogP contribution in [-0.4, -0.2) is 17.2 Å². The van der Waals surface area contributed by atoms with E-state index in [2.05, 4.69) is 0 Å². The van der Waals surface area contributed by atoms with Crippen LogP contribution in [0.4, 0.5) is 31.1 Å². The quantitative estimate of drug-likeness (QED) is 0.247. The number of hydrogen-bond donors (Lipinski definition) is 0. The van der Waals surface area contributed by atoms with Gasteiger partial charge in [-0.15, -0.1) is 0 Å². The van der Waals surface area contributed by atoms with Gasteiger partial charge in [-0.2, -0.15) is 26.3 Å². The molecule has 26 heavy (non-hydrogen) atoms. The summed E-state index contributed by atoms with van der Waals surface area (Å²) in [4.78, 5) is 11.4. The molecule has 0 N–H and O–H groups in total. The maximum Gasteiger partial charge on any atom is 0.519 e. The summed E-state index contributed by atoms with van der Waals surface area (Å²) < 4.78 is 82.8. The van der Waals surface area contributed by atoms with Gasteiger partial charge in [-0.25, -0.2) is 4.79 Å². The number of alkyl halides is 6. The Morgan fingerprint density at radius 3 is 1.23 bits per heavy atom. The Labute approximate surface area is 151 Å². The molecule has 2 rings (SSSR count). The van der Waals surface area contributed by atoms with Gasteiger partial charge in [-0.3, -0.25) is 0 Å². The maximum absolute atomic E-state index is 12.2. The topological polar surface area (TPSA) is 35.5 Å². The molecule has 0 radical (unpaired) electrons. The van der Waals surface area contributed by atoms with Crippen LogP contribution in [-0.2, 0) is 0 Å². The molecule has 0 fully saturated rings. The molecule has 2 aromatic carbocycles. The summed E-state index contributed by atoms with van der Waals surface area (Å²) in [5.74, 6) is -0.100. The van der Waals surface area contributed by atoms with E-state index in [1.807, 2.05) is 0 Å². The lowest BCUT2D eigenvalue weighted by atomic mass is 10.3. The van der Waals surface area contributed by atoms with Crippen LogP contribution in [0.5, 0.6) is 11.5 Å². The fraction of sp³-hybridized carbons (Fsp3) is 0.133. The van der Waals surface area contributed by atoms with Crippen molar-refractivity contribution in [1.29, 1.82) is 0 Å². The van der Waals surface area contributed by atoms with Gasteiger partial charge in [0.15, 0.2) is 0 Å². The number of hydrogen-bond acceptors (Lipinski definition) is 5. The van der Waals surface area contributed by atoms with Crippen molar-refractivity contribution in [3.8, 4) is 11.5 Å². The van der Waals surface area contributed by atoms with E-state index in [9.17, 15) is 31.1 Å². The minimum absolute atomic E-state index is 0.0502. The van der Waals surface area contributed by atoms with Gasteiger partial charge in [0.1, 0.15) is 11.5 Å². The highest BCUT2D eigenvalue weighted by atomic mass is 32.2. The molecule has 0 aliphatic carbocycles. The molecule has 0 amide bonds. The van der Waals surface area contributed by atoms with E-state index >= 15 is 0 Å². The van der Waals surface area contributed by atoms with Gasteiger partial charge in [0.2, 0.25) is 0 Å². The minimum Gasteiger partial charge on any atom is -0.395 e. The van der Waals surface area contributed by atoms with Crippen molar-refractivity contribution in [3.63, 3.8) is 0 Å². The van der Waals surface area contributed by atoms with Crippen LogP contribution in [0.15, 0.2) is 58.3 Å². The van der Waals surface area contributed by atoms with E-state index in [1.54, 1.807) is 0 Å². The van der Waals surface area contributed by atoms with E-state index < -0.39 is 17.2 Å². The van der Waals surface area contributed by atoms with Crippen molar-refractivity contribution in [1.82, 2.24) is 0 Å². The second kappa shape index (κ2) is 8.12. The van der Waals surface area contributed by atoms with Crippen molar-refractivity contribution < 1.29 is 40.6 Å². The highest BCUT2D eigenvalue weighted by Gasteiger charge is 2.29. The zero-order chi connectivity index (χ0) is 19.4. The Morgan fingerprint density at radius 1 is 0.654 bits per heavy atom. The Bertz CT molecular complexity index is 678. The monoisotopic (exact) mass is 414 g/mol. The number of carbonyl (C=O) groups is 1. The zero-order valence-electron chi connectivity index (χ0n) is 12.4. The first-order valence-corrected chi connectivity index (χ1v) is 8.25. The van der Waals surface area contributed by atoms with Gasteiger partial charge in [0, 0.05) is 9.79 Å². The first kappa shape index (κ1) is 20.3. The summed E-state index contributed by atoms with van der Waals surface area (Å²) in [5, 5.41) is 0. The molecule has 140 valence electrons. The fourth-order valence-electron chi connectivity index (χ4n) is 1.63. The first-order chi connectivity index (χ1) is 12.0. The smallest absolute Gasteiger partial charge is 0.395 e. The van der Waals surface area contributed by atoms with Crippen molar-refractivity contribution in [2.75, 3.05) is 0 Å². The Morgan fingerprint density at radius 2 is 0.962 bits per heavy atom. The number of rotatable bonds is 4. The molecule has 3 nitrogen and oxygen atoms in total. The molecule has 2 aromatic rings. The molecule has 0 heterocycles. The van der Waals surface area contributed by atoms with Gasteiger partial charge in [0.25, 0.3) is 0 Å². The van der Waals surface area contributed by atoms with Crippen LogP contribution in [0, 0.1) is 0 Å². The molecule has 11 heteroatoms. The minimum atomic E-state index is -4.43. The average molecular weight is 414 g/mol. The molecule has 0 spiro atoms. The average Bonchev–Trinajstić information content (AvgIpc) is 2.48. The molecule has 0 unspecified atom stereocenters. The highest BCUT2D eigenvalue weighted by molar-refractivity contribution is 8.00. The third kappa shape index (κ3) is 7.48. The fourth-order valence-corrected chi connectivity index (χ4v) is 2.71. The summed E-state index contributed by atoms with van der Waals surface area (Å²) in [7, 11) is 0. The number of halogens is 6. The molecular formula is C15H8F6O3S2. The lowest BCUT2D eigenvalue weighted by Crippen LogP contribution is -2.13. The van der Waals surface area contributed by atoms with Crippen molar-refractivity contribution in [3.05, 3.63) is 48.5 Å². The van der Waals surface area contributed by atoms with E-state index in [1.165, 1.54) is 0 Å². The lowest BCUT2D eigenvalue weighted by Gasteiger charge is -2.08. The molecule has 0 atom stereocenters. The van der Waals surface area contributed by atoms with Crippen LogP contribution in [0.25, 0.3) is 0 Å². The number of thioether (sulfide) groups is 2. The van der Waals surface area contributed by atoms with Gasteiger partial charge < -0.3 is 9.47 Å². The van der Waals surface area contributed by atoms with Gasteiger partial charge in [0.05, 0.1) is 0 Å². The summed E-state index contributed by atoms with van der Waals surface area (Å²) in [6.45, 7) is 0. The van der Waals surface area contributed by atoms with E-state index in [4.69, 9.17) is 9.47 Å². The van der Waals surface area contributed by atoms with Gasteiger partial charge in [-0.1, -0.05) is 0 Å². The number of ether oxygens (including phenoxy) is 2. The van der Waals surface area contributed by atoms with Crippen LogP contribution in [0.2, 0.25) is 0 Å². The third-order valence-corrected chi connectivity index (χ3v) is 4.00. The van der Waals surface area contributed by atoms with E-state index in [0.29, 0.717) is 0 Å². The largest absolute Gasteiger partial charge is 0.519 e. The third-order valence-electron chi connectivity index (χ3n) is 2.52. The predicted octanol–water partition coefficient (Wildman–Crippen LogP) is 6.49. The number of benzene rings is 2. The van der Waals surface area contributed by atoms with Gasteiger partial charge in [-0.05, 0) is 72.1 Å². The van der Waals surface area contributed by atoms with Crippen LogP contribution in [0.1, 0.15) is 0 Å². The normalized spacial score (nSPS) is 11.9. The summed E-state index contributed by atoms with van der Waals surface area (Å²) in [6, 6.07) is 9.06. The second-order valence-corrected chi connectivity index (χ2v) is 6.77. The molecule has 0 aromatic heterocycles. The standard InChI is InChI=1S/C15H8F6O3S2/c16-14(17,18)25-11-5-1-9(2-6-11)23-13(22)24-10-3-7-12(8-4-10)26-15(19,20)21/h1-8H. The molecule has 0 aliphatic heterocycles. The van der Waals surface area contributed by atoms with E-state index in [-0.39, 0.29) is 44.8 Å². The molecule has 0 saturated carbocycles. The zero-order valence-corrected chi connectivity index (χ0v) is 14.1. The maximum atomic E-state index is 12.2. The number of carbonyl (C=O) groups excluding carboxylic acids is 1. The van der Waals surface area contributed by atoms with Gasteiger partial charge >= 0.3 is 17.2 Å². The Kier molecular flexibility index (Phi) is 6.34. The van der Waals surface area contributed by atoms with Crippen molar-refractivity contribution in [2.24, 2.45) is 0 Å². The van der Waals surface area contributed by atoms with Crippen LogP contribution < -0.4 is 9.47 Å². The summed E-state index contributed by atoms with van der Waals surface area (Å²) in [5.41, 5.74) is -8.87. The molecule has 0 bridgehead atoms. The SMILES string of the molecule is O=C(Oc1ccc(SC(F)(F)F)cc1)Oc1ccc(SC(F)(F)F)cc1. The molecule has 0 saturated heterocycles. The van der Waals surface area contributed by atoms with Crippen LogP contribution >= 0.6 is 23.5 Å². The van der Waals surface area contributed by atoms with Crippen LogP contribution in [0.3, 0.4) is 0 Å².